The summed E-state index contributed by atoms with van der Waals surface area (Å²) in [6.07, 6.45) is 6.52. The van der Waals surface area contributed by atoms with Crippen molar-refractivity contribution in [1.82, 2.24) is 10.3 Å². The molecule has 0 spiro atoms. The second-order valence-electron chi connectivity index (χ2n) is 4.53. The molecule has 1 heterocycles. The number of amides is 1. The lowest BCUT2D eigenvalue weighted by Gasteiger charge is -2.30. The Kier molecular flexibility index (Phi) is 4.80. The summed E-state index contributed by atoms with van der Waals surface area (Å²) in [6, 6.07) is 0. The minimum Gasteiger partial charge on any atom is -0.351 e. The fourth-order valence-corrected chi connectivity index (χ4v) is 3.34. The minimum absolute atomic E-state index is 0.00797. The van der Waals surface area contributed by atoms with Crippen LogP contribution in [0.15, 0.2) is 11.7 Å². The van der Waals surface area contributed by atoms with E-state index in [0.717, 1.165) is 6.54 Å². The lowest BCUT2D eigenvalue weighted by atomic mass is 9.80. The van der Waals surface area contributed by atoms with Crippen molar-refractivity contribution in [3.8, 4) is 0 Å². The van der Waals surface area contributed by atoms with Crippen molar-refractivity contribution in [3.05, 3.63) is 16.6 Å². The fraction of sp³-hybridized carbons (Fsp3) is 0.667. The van der Waals surface area contributed by atoms with Gasteiger partial charge in [-0.05, 0) is 24.7 Å². The first kappa shape index (κ1) is 12.8. The van der Waals surface area contributed by atoms with Gasteiger partial charge in [0.2, 0.25) is 0 Å². The van der Waals surface area contributed by atoms with Crippen LogP contribution in [0.1, 0.15) is 35.4 Å². The zero-order chi connectivity index (χ0) is 12.1. The summed E-state index contributed by atoms with van der Waals surface area (Å²) in [5.41, 5.74) is 1.68. The van der Waals surface area contributed by atoms with Gasteiger partial charge in [-0.3, -0.25) is 9.78 Å². The van der Waals surface area contributed by atoms with E-state index in [4.69, 9.17) is 11.6 Å². The quantitative estimate of drug-likeness (QED) is 0.857. The van der Waals surface area contributed by atoms with Gasteiger partial charge >= 0.3 is 0 Å². The third kappa shape index (κ3) is 3.42. The number of aromatic nitrogens is 1. The van der Waals surface area contributed by atoms with E-state index in [1.165, 1.54) is 37.0 Å². The van der Waals surface area contributed by atoms with Crippen LogP contribution in [0.5, 0.6) is 0 Å². The van der Waals surface area contributed by atoms with Gasteiger partial charge in [0.25, 0.3) is 5.91 Å². The molecule has 94 valence electrons. The number of nitrogens with one attached hydrogen (secondary N) is 1. The molecule has 2 rings (SSSR count). The van der Waals surface area contributed by atoms with Crippen LogP contribution in [0, 0.1) is 11.8 Å². The van der Waals surface area contributed by atoms with Crippen LogP contribution in [0.4, 0.5) is 0 Å². The van der Waals surface area contributed by atoms with Crippen molar-refractivity contribution in [3.63, 3.8) is 0 Å². The highest BCUT2D eigenvalue weighted by Gasteiger charge is 2.24. The summed E-state index contributed by atoms with van der Waals surface area (Å²) in [7, 11) is 0. The number of rotatable bonds is 4. The summed E-state index contributed by atoms with van der Waals surface area (Å²) >= 11 is 7.34. The number of nitrogens with zero attached hydrogens (tertiary/aromatic N) is 1. The number of alkyl halides is 1. The molecule has 3 nitrogen and oxygen atoms in total. The van der Waals surface area contributed by atoms with Crippen LogP contribution in [0.2, 0.25) is 0 Å². The average Bonchev–Trinajstić information content (AvgIpc) is 2.90. The smallest absolute Gasteiger partial charge is 0.263 e. The van der Waals surface area contributed by atoms with Crippen molar-refractivity contribution in [2.24, 2.45) is 11.8 Å². The maximum atomic E-state index is 11.8. The van der Waals surface area contributed by atoms with E-state index in [2.05, 4.69) is 10.3 Å². The number of hydrogen-bond donors (Lipinski definition) is 1. The highest BCUT2D eigenvalue weighted by molar-refractivity contribution is 7.11. The molecule has 0 bridgehead atoms. The summed E-state index contributed by atoms with van der Waals surface area (Å²) in [6.45, 7) is 0.744. The van der Waals surface area contributed by atoms with E-state index in [9.17, 15) is 4.79 Å². The molecule has 0 radical (unpaired) electrons. The predicted molar refractivity (Wildman–Crippen MR) is 70.6 cm³/mol. The van der Waals surface area contributed by atoms with Crippen molar-refractivity contribution < 1.29 is 4.79 Å². The highest BCUT2D eigenvalue weighted by Crippen LogP contribution is 2.30. The van der Waals surface area contributed by atoms with Gasteiger partial charge in [-0.15, -0.1) is 22.9 Å². The standard InChI is InChI=1S/C12H17ClN2OS/c13-5-9-3-1-2-4-10(9)6-15-12(16)11-7-14-8-17-11/h7-10H,1-6H2,(H,15,16). The molecule has 1 aromatic heterocycles. The number of hydrogen-bond acceptors (Lipinski definition) is 3. The molecule has 1 aromatic rings. The van der Waals surface area contributed by atoms with E-state index >= 15 is 0 Å². The van der Waals surface area contributed by atoms with Crippen LogP contribution in [-0.4, -0.2) is 23.3 Å². The van der Waals surface area contributed by atoms with Crippen molar-refractivity contribution >= 4 is 28.8 Å². The van der Waals surface area contributed by atoms with Gasteiger partial charge in [-0.2, -0.15) is 0 Å². The summed E-state index contributed by atoms with van der Waals surface area (Å²) < 4.78 is 0. The van der Waals surface area contributed by atoms with Gasteiger partial charge in [-0.25, -0.2) is 0 Å². The van der Waals surface area contributed by atoms with Gasteiger partial charge in [0.05, 0.1) is 11.7 Å². The topological polar surface area (TPSA) is 42.0 Å². The molecule has 17 heavy (non-hydrogen) atoms. The molecule has 0 aromatic carbocycles. The third-order valence-electron chi connectivity index (χ3n) is 3.45. The normalized spacial score (nSPS) is 24.5. The van der Waals surface area contributed by atoms with E-state index < -0.39 is 0 Å². The molecule has 1 saturated carbocycles. The highest BCUT2D eigenvalue weighted by atomic mass is 35.5. The SMILES string of the molecule is O=C(NCC1CCCCC1CCl)c1cncs1. The van der Waals surface area contributed by atoms with E-state index in [0.29, 0.717) is 22.6 Å². The molecule has 2 atom stereocenters. The van der Waals surface area contributed by atoms with Gasteiger partial charge in [0, 0.05) is 12.4 Å². The first-order valence-electron chi connectivity index (χ1n) is 6.04. The molecular weight excluding hydrogens is 256 g/mol. The Balaban J connectivity index is 1.82. The first-order valence-corrected chi connectivity index (χ1v) is 7.45. The van der Waals surface area contributed by atoms with Crippen LogP contribution in [0.3, 0.4) is 0 Å². The van der Waals surface area contributed by atoms with Crippen molar-refractivity contribution in [1.29, 1.82) is 0 Å². The zero-order valence-electron chi connectivity index (χ0n) is 9.69. The monoisotopic (exact) mass is 272 g/mol. The Hall–Kier alpha value is -0.610. The molecule has 1 fully saturated rings. The lowest BCUT2D eigenvalue weighted by Crippen LogP contribution is -2.34. The number of thiazole rings is 1. The van der Waals surface area contributed by atoms with Gasteiger partial charge < -0.3 is 5.32 Å². The van der Waals surface area contributed by atoms with Crippen LogP contribution >= 0.6 is 22.9 Å². The lowest BCUT2D eigenvalue weighted by molar-refractivity contribution is 0.0940. The van der Waals surface area contributed by atoms with Crippen LogP contribution in [-0.2, 0) is 0 Å². The van der Waals surface area contributed by atoms with E-state index in [1.54, 1.807) is 11.7 Å². The van der Waals surface area contributed by atoms with Crippen molar-refractivity contribution in [2.45, 2.75) is 25.7 Å². The van der Waals surface area contributed by atoms with Crippen molar-refractivity contribution in [2.75, 3.05) is 12.4 Å². The molecule has 5 heteroatoms. The largest absolute Gasteiger partial charge is 0.351 e. The maximum Gasteiger partial charge on any atom is 0.263 e. The number of halogens is 1. The Morgan fingerprint density at radius 2 is 2.24 bits per heavy atom. The van der Waals surface area contributed by atoms with Gasteiger partial charge in [-0.1, -0.05) is 12.8 Å². The summed E-state index contributed by atoms with van der Waals surface area (Å²) in [5.74, 6) is 1.80. The third-order valence-corrected chi connectivity index (χ3v) is 4.61. The van der Waals surface area contributed by atoms with E-state index in [1.807, 2.05) is 0 Å². The van der Waals surface area contributed by atoms with Crippen LogP contribution in [0.25, 0.3) is 0 Å². The molecule has 0 aliphatic heterocycles. The number of carbonyl (C=O) groups excluding carboxylic acids is 1. The average molecular weight is 273 g/mol. The van der Waals surface area contributed by atoms with Gasteiger partial charge in [0.1, 0.15) is 4.88 Å². The van der Waals surface area contributed by atoms with Gasteiger partial charge in [0.15, 0.2) is 0 Å². The Morgan fingerprint density at radius 3 is 2.88 bits per heavy atom. The molecule has 1 aliphatic rings. The molecule has 1 N–H and O–H groups in total. The molecule has 1 aliphatic carbocycles. The fourth-order valence-electron chi connectivity index (χ4n) is 2.40. The van der Waals surface area contributed by atoms with Crippen LogP contribution < -0.4 is 5.32 Å². The zero-order valence-corrected chi connectivity index (χ0v) is 11.3. The van der Waals surface area contributed by atoms with E-state index in [-0.39, 0.29) is 5.91 Å². The second-order valence-corrected chi connectivity index (χ2v) is 5.73. The first-order chi connectivity index (χ1) is 8.31. The summed E-state index contributed by atoms with van der Waals surface area (Å²) in [5, 5.41) is 2.99. The Morgan fingerprint density at radius 1 is 1.47 bits per heavy atom. The maximum absolute atomic E-state index is 11.8. The number of carbonyl (C=O) groups is 1. The Bertz CT molecular complexity index is 355. The Labute approximate surface area is 111 Å². The second kappa shape index (κ2) is 6.36. The minimum atomic E-state index is -0.00797. The molecular formula is C12H17ClN2OS. The predicted octanol–water partition coefficient (Wildman–Crippen LogP) is 2.92. The molecule has 1 amide bonds. The summed E-state index contributed by atoms with van der Waals surface area (Å²) in [4.78, 5) is 16.4. The molecule has 0 saturated heterocycles. The molecule has 2 unspecified atom stereocenters.